The molecule has 2 fully saturated rings. The van der Waals surface area contributed by atoms with E-state index in [0.29, 0.717) is 34.1 Å². The lowest BCUT2D eigenvalue weighted by Crippen LogP contribution is -2.27. The Bertz CT molecular complexity index is 1110. The topological polar surface area (TPSA) is 115 Å². The van der Waals surface area contributed by atoms with Crippen LogP contribution in [0.15, 0.2) is 17.1 Å². The number of fused-ring (bicyclic) bond motifs is 1. The van der Waals surface area contributed by atoms with E-state index in [9.17, 15) is 9.90 Å². The average Bonchev–Trinajstić information content (AvgIpc) is 3.54. The number of pyridine rings is 1. The van der Waals surface area contributed by atoms with Crippen LogP contribution in [0.5, 0.6) is 0 Å². The van der Waals surface area contributed by atoms with Gasteiger partial charge in [0.1, 0.15) is 11.0 Å². The summed E-state index contributed by atoms with van der Waals surface area (Å²) in [5.41, 5.74) is 7.73. The standard InChI is InChI=1S/C20H26N6O2/c1-20(2,28)14-8-13(24-25(14)3)12-9-26(17(10-4-5-10)11-6-7-11)19(27)15-16(12)22-23-18(15)21/h8-11,17,28H,4-7H2,1-3H3,(H3,21,22,23). The van der Waals surface area contributed by atoms with Crippen LogP contribution < -0.4 is 11.3 Å². The van der Waals surface area contributed by atoms with Gasteiger partial charge in [-0.25, -0.2) is 0 Å². The van der Waals surface area contributed by atoms with Crippen molar-refractivity contribution in [3.8, 4) is 11.3 Å². The molecular formula is C20H26N6O2. The minimum Gasteiger partial charge on any atom is -0.384 e. The first kappa shape index (κ1) is 17.5. The minimum absolute atomic E-state index is 0.0764. The summed E-state index contributed by atoms with van der Waals surface area (Å²) in [4.78, 5) is 13.3. The van der Waals surface area contributed by atoms with Gasteiger partial charge in [0.2, 0.25) is 0 Å². The smallest absolute Gasteiger partial charge is 0.264 e. The Morgan fingerprint density at radius 1 is 1.29 bits per heavy atom. The monoisotopic (exact) mass is 382 g/mol. The van der Waals surface area contributed by atoms with E-state index in [1.165, 1.54) is 25.7 Å². The van der Waals surface area contributed by atoms with E-state index < -0.39 is 5.60 Å². The number of nitrogens with one attached hydrogen (secondary N) is 1. The molecule has 0 radical (unpaired) electrons. The third kappa shape index (κ3) is 2.66. The van der Waals surface area contributed by atoms with Crippen molar-refractivity contribution in [1.82, 2.24) is 24.5 Å². The molecule has 2 aliphatic carbocycles. The van der Waals surface area contributed by atoms with Gasteiger partial charge in [-0.3, -0.25) is 14.6 Å². The van der Waals surface area contributed by atoms with Gasteiger partial charge in [0.15, 0.2) is 5.82 Å². The highest BCUT2D eigenvalue weighted by atomic mass is 16.3. The van der Waals surface area contributed by atoms with Gasteiger partial charge in [0, 0.05) is 24.8 Å². The fourth-order valence-electron chi connectivity index (χ4n) is 4.46. The van der Waals surface area contributed by atoms with Crippen LogP contribution in [0.3, 0.4) is 0 Å². The normalized spacial score (nSPS) is 17.8. The van der Waals surface area contributed by atoms with Crippen molar-refractivity contribution in [2.24, 2.45) is 18.9 Å². The van der Waals surface area contributed by atoms with E-state index in [4.69, 9.17) is 5.73 Å². The lowest BCUT2D eigenvalue weighted by Gasteiger charge is -2.20. The highest BCUT2D eigenvalue weighted by Crippen LogP contribution is 2.52. The van der Waals surface area contributed by atoms with Gasteiger partial charge in [-0.05, 0) is 57.4 Å². The van der Waals surface area contributed by atoms with Crippen molar-refractivity contribution >= 4 is 16.7 Å². The molecule has 28 heavy (non-hydrogen) atoms. The fraction of sp³-hybridized carbons (Fsp3) is 0.550. The van der Waals surface area contributed by atoms with Gasteiger partial charge in [-0.1, -0.05) is 0 Å². The van der Waals surface area contributed by atoms with Crippen molar-refractivity contribution in [2.45, 2.75) is 51.2 Å². The molecule has 0 atom stereocenters. The van der Waals surface area contributed by atoms with Crippen LogP contribution in [0, 0.1) is 11.8 Å². The van der Waals surface area contributed by atoms with Gasteiger partial charge >= 0.3 is 0 Å². The van der Waals surface area contributed by atoms with Crippen molar-refractivity contribution in [1.29, 1.82) is 0 Å². The maximum absolute atomic E-state index is 13.3. The first-order valence-electron chi connectivity index (χ1n) is 9.91. The summed E-state index contributed by atoms with van der Waals surface area (Å²) >= 11 is 0. The van der Waals surface area contributed by atoms with Crippen LogP contribution in [0.2, 0.25) is 0 Å². The summed E-state index contributed by atoms with van der Waals surface area (Å²) in [5.74, 6) is 1.36. The predicted octanol–water partition coefficient (Wildman–Crippen LogP) is 2.30. The highest BCUT2D eigenvalue weighted by Gasteiger charge is 2.43. The number of nitrogens with zero attached hydrogens (tertiary/aromatic N) is 4. The summed E-state index contributed by atoms with van der Waals surface area (Å²) < 4.78 is 3.56. The summed E-state index contributed by atoms with van der Waals surface area (Å²) in [6.07, 6.45) is 6.62. The lowest BCUT2D eigenvalue weighted by atomic mass is 10.0. The number of aliphatic hydroxyl groups is 1. The van der Waals surface area contributed by atoms with Crippen LogP contribution >= 0.6 is 0 Å². The van der Waals surface area contributed by atoms with Crippen molar-refractivity contribution in [3.63, 3.8) is 0 Å². The van der Waals surface area contributed by atoms with Crippen LogP contribution in [0.1, 0.15) is 51.3 Å². The van der Waals surface area contributed by atoms with E-state index in [1.54, 1.807) is 18.5 Å². The van der Waals surface area contributed by atoms with E-state index in [0.717, 1.165) is 5.56 Å². The van der Waals surface area contributed by atoms with E-state index in [-0.39, 0.29) is 17.4 Å². The maximum atomic E-state index is 13.3. The number of aryl methyl sites for hydroxylation is 1. The largest absolute Gasteiger partial charge is 0.384 e. The summed E-state index contributed by atoms with van der Waals surface area (Å²) in [6.45, 7) is 3.46. The van der Waals surface area contributed by atoms with Crippen LogP contribution in [-0.2, 0) is 12.6 Å². The molecule has 0 spiro atoms. The van der Waals surface area contributed by atoms with Crippen LogP contribution in [0.25, 0.3) is 22.2 Å². The molecule has 3 aromatic rings. The molecule has 2 saturated carbocycles. The molecule has 148 valence electrons. The highest BCUT2D eigenvalue weighted by molar-refractivity contribution is 5.97. The zero-order chi connectivity index (χ0) is 19.8. The zero-order valence-electron chi connectivity index (χ0n) is 16.4. The van der Waals surface area contributed by atoms with E-state index in [2.05, 4.69) is 15.3 Å². The van der Waals surface area contributed by atoms with Crippen molar-refractivity contribution in [2.75, 3.05) is 5.73 Å². The first-order valence-corrected chi connectivity index (χ1v) is 9.91. The number of hydrogen-bond acceptors (Lipinski definition) is 5. The Hall–Kier alpha value is -2.61. The molecular weight excluding hydrogens is 356 g/mol. The summed E-state index contributed by atoms with van der Waals surface area (Å²) in [5, 5.41) is 22.5. The second-order valence-corrected chi connectivity index (χ2v) is 8.88. The number of anilines is 1. The van der Waals surface area contributed by atoms with Crippen LogP contribution in [0.4, 0.5) is 5.82 Å². The Kier molecular flexibility index (Phi) is 3.56. The van der Waals surface area contributed by atoms with E-state index in [1.807, 2.05) is 23.9 Å². The maximum Gasteiger partial charge on any atom is 0.264 e. The Labute approximate surface area is 162 Å². The quantitative estimate of drug-likeness (QED) is 0.626. The second-order valence-electron chi connectivity index (χ2n) is 8.88. The molecule has 4 N–H and O–H groups in total. The molecule has 0 aromatic carbocycles. The zero-order valence-corrected chi connectivity index (χ0v) is 16.4. The average molecular weight is 382 g/mol. The number of rotatable bonds is 5. The van der Waals surface area contributed by atoms with Gasteiger partial charge in [-0.2, -0.15) is 10.2 Å². The van der Waals surface area contributed by atoms with Gasteiger partial charge in [0.25, 0.3) is 5.56 Å². The number of hydrogen-bond donors (Lipinski definition) is 3. The molecule has 3 aromatic heterocycles. The number of nitrogen functional groups attached to an aromatic ring is 1. The molecule has 0 amide bonds. The molecule has 8 nitrogen and oxygen atoms in total. The van der Waals surface area contributed by atoms with E-state index >= 15 is 0 Å². The molecule has 0 saturated heterocycles. The van der Waals surface area contributed by atoms with Crippen molar-refractivity contribution in [3.05, 3.63) is 28.3 Å². The lowest BCUT2D eigenvalue weighted by molar-refractivity contribution is 0.0696. The summed E-state index contributed by atoms with van der Waals surface area (Å²) in [6, 6.07) is 2.09. The Morgan fingerprint density at radius 2 is 1.93 bits per heavy atom. The molecule has 8 heteroatoms. The second kappa shape index (κ2) is 5.70. The minimum atomic E-state index is -1.02. The van der Waals surface area contributed by atoms with Gasteiger partial charge < -0.3 is 15.4 Å². The SMILES string of the molecule is Cn1nc(-c2cn(C(C3CC3)C3CC3)c(=O)c3c(N)n[nH]c23)cc1C(C)(C)O. The first-order chi connectivity index (χ1) is 13.3. The molecule has 2 aliphatic rings. The summed E-state index contributed by atoms with van der Waals surface area (Å²) in [7, 11) is 1.81. The number of nitrogens with two attached hydrogens (primary N) is 1. The Balaban J connectivity index is 1.75. The number of aromatic amines is 1. The Morgan fingerprint density at radius 3 is 2.46 bits per heavy atom. The van der Waals surface area contributed by atoms with Gasteiger partial charge in [0.05, 0.1) is 16.9 Å². The predicted molar refractivity (Wildman–Crippen MR) is 107 cm³/mol. The molecule has 5 rings (SSSR count). The third-order valence-corrected chi connectivity index (χ3v) is 6.09. The molecule has 0 unspecified atom stereocenters. The fourth-order valence-corrected chi connectivity index (χ4v) is 4.46. The van der Waals surface area contributed by atoms with Gasteiger partial charge in [-0.15, -0.1) is 0 Å². The molecule has 3 heterocycles. The molecule has 0 bridgehead atoms. The third-order valence-electron chi connectivity index (χ3n) is 6.09. The van der Waals surface area contributed by atoms with Crippen LogP contribution in [-0.4, -0.2) is 29.7 Å². The number of aromatic nitrogens is 5. The van der Waals surface area contributed by atoms with Crippen molar-refractivity contribution < 1.29 is 5.11 Å². The molecule has 0 aliphatic heterocycles. The number of H-pyrrole nitrogens is 1.